The van der Waals surface area contributed by atoms with E-state index in [2.05, 4.69) is 80.3 Å². The molecule has 6 aromatic rings. The van der Waals surface area contributed by atoms with E-state index in [1.165, 1.54) is 0 Å². The molecule has 0 bridgehead atoms. The number of hydrogen-bond acceptors (Lipinski definition) is 10. The van der Waals surface area contributed by atoms with Crippen LogP contribution in [0.1, 0.15) is 16.7 Å². The Hall–Kier alpha value is -6.68. The first kappa shape index (κ1) is 41.0. The lowest BCUT2D eigenvalue weighted by molar-refractivity contribution is 0.377. The van der Waals surface area contributed by atoms with Crippen LogP contribution in [0, 0.1) is 20.8 Å². The van der Waals surface area contributed by atoms with Crippen LogP contribution in [0.15, 0.2) is 91.0 Å². The third kappa shape index (κ3) is 7.70. The largest absolute Gasteiger partial charge is 0.496 e. The molecule has 6 aromatic carbocycles. The van der Waals surface area contributed by atoms with Crippen LogP contribution in [0.25, 0.3) is 33.4 Å². The standard InChI is InChI=1S/C48H51NO9/c1-28-19-31(13-16-37(28)46-40(53-7)22-34(50-4)23-41(46)54-8)49(32-14-17-38(29(2)20-32)47-42(55-9)24-35(51-5)25-43(47)56-10)33-15-18-39(30(3)21-33)48-44(57-11)26-36(52-6)27-45(48)58-12/h13-27H,1-12H3. The van der Waals surface area contributed by atoms with Gasteiger partial charge in [-0.25, -0.2) is 0 Å². The molecule has 0 atom stereocenters. The van der Waals surface area contributed by atoms with Gasteiger partial charge in [0.15, 0.2) is 0 Å². The Bertz CT molecular complexity index is 2100. The normalized spacial score (nSPS) is 10.8. The topological polar surface area (TPSA) is 86.3 Å². The van der Waals surface area contributed by atoms with E-state index in [1.54, 1.807) is 64.0 Å². The summed E-state index contributed by atoms with van der Waals surface area (Å²) in [6.07, 6.45) is 0. The molecule has 0 amide bonds. The molecule has 0 aliphatic rings. The maximum Gasteiger partial charge on any atom is 0.134 e. The predicted molar refractivity (Wildman–Crippen MR) is 231 cm³/mol. The van der Waals surface area contributed by atoms with E-state index in [1.807, 2.05) is 36.4 Å². The van der Waals surface area contributed by atoms with Crippen LogP contribution >= 0.6 is 0 Å². The highest BCUT2D eigenvalue weighted by molar-refractivity contribution is 5.88. The predicted octanol–water partition coefficient (Wildman–Crippen LogP) is 11.2. The summed E-state index contributed by atoms with van der Waals surface area (Å²) in [4.78, 5) is 2.25. The average Bonchev–Trinajstić information content (AvgIpc) is 3.25. The van der Waals surface area contributed by atoms with Gasteiger partial charge in [0.2, 0.25) is 0 Å². The minimum absolute atomic E-state index is 0.644. The average molecular weight is 786 g/mol. The van der Waals surface area contributed by atoms with Crippen LogP contribution in [0.3, 0.4) is 0 Å². The van der Waals surface area contributed by atoms with Gasteiger partial charge in [-0.3, -0.25) is 0 Å². The SMILES string of the molecule is COc1cc(OC)c(-c2ccc(N(c3ccc(-c4c(OC)cc(OC)cc4OC)c(C)c3)c3ccc(-c4c(OC)cc(OC)cc4OC)c(C)c3)cc2C)c(OC)c1. The number of ether oxygens (including phenoxy) is 9. The summed E-state index contributed by atoms with van der Waals surface area (Å²) in [6.45, 7) is 6.27. The number of aryl methyl sites for hydroxylation is 3. The first-order valence-electron chi connectivity index (χ1n) is 18.6. The van der Waals surface area contributed by atoms with Crippen molar-refractivity contribution >= 4 is 17.1 Å². The fourth-order valence-electron chi connectivity index (χ4n) is 7.46. The van der Waals surface area contributed by atoms with Crippen molar-refractivity contribution in [3.63, 3.8) is 0 Å². The fraction of sp³-hybridized carbons (Fsp3) is 0.250. The summed E-state index contributed by atoms with van der Waals surface area (Å²) in [5.74, 6) is 5.82. The number of anilines is 3. The highest BCUT2D eigenvalue weighted by Crippen LogP contribution is 2.49. The zero-order chi connectivity index (χ0) is 41.7. The lowest BCUT2D eigenvalue weighted by Gasteiger charge is -2.28. The van der Waals surface area contributed by atoms with Crippen LogP contribution in [-0.4, -0.2) is 64.0 Å². The third-order valence-corrected chi connectivity index (χ3v) is 10.4. The number of hydrogen-bond donors (Lipinski definition) is 0. The lowest BCUT2D eigenvalue weighted by atomic mass is 9.95. The molecular formula is C48H51NO9. The molecule has 0 aliphatic carbocycles. The Labute approximate surface area is 341 Å². The minimum atomic E-state index is 0.644. The lowest BCUT2D eigenvalue weighted by Crippen LogP contribution is -2.11. The van der Waals surface area contributed by atoms with Crippen LogP contribution in [0.5, 0.6) is 51.7 Å². The quantitative estimate of drug-likeness (QED) is 0.100. The summed E-state index contributed by atoms with van der Waals surface area (Å²) in [7, 11) is 14.8. The van der Waals surface area contributed by atoms with Gasteiger partial charge in [0, 0.05) is 53.5 Å². The van der Waals surface area contributed by atoms with Crippen molar-refractivity contribution in [2.24, 2.45) is 0 Å². The molecule has 58 heavy (non-hydrogen) atoms. The molecule has 0 heterocycles. The van der Waals surface area contributed by atoms with E-state index in [0.717, 1.165) is 67.1 Å². The maximum atomic E-state index is 5.85. The zero-order valence-corrected chi connectivity index (χ0v) is 35.3. The molecule has 0 radical (unpaired) electrons. The first-order valence-corrected chi connectivity index (χ1v) is 18.6. The molecule has 0 aromatic heterocycles. The van der Waals surface area contributed by atoms with Gasteiger partial charge in [0.25, 0.3) is 0 Å². The Morgan fingerprint density at radius 3 is 0.690 bits per heavy atom. The van der Waals surface area contributed by atoms with Crippen molar-refractivity contribution < 1.29 is 42.6 Å². The number of benzene rings is 6. The van der Waals surface area contributed by atoms with Gasteiger partial charge in [0.1, 0.15) is 51.7 Å². The highest BCUT2D eigenvalue weighted by Gasteiger charge is 2.24. The molecule has 0 fully saturated rings. The van der Waals surface area contributed by atoms with Crippen LogP contribution in [-0.2, 0) is 0 Å². The van der Waals surface area contributed by atoms with Gasteiger partial charge >= 0.3 is 0 Å². The second-order valence-corrected chi connectivity index (χ2v) is 13.6. The number of nitrogens with zero attached hydrogens (tertiary/aromatic N) is 1. The molecular weight excluding hydrogens is 735 g/mol. The Morgan fingerprint density at radius 1 is 0.293 bits per heavy atom. The molecule has 0 unspecified atom stereocenters. The van der Waals surface area contributed by atoms with Gasteiger partial charge in [0.05, 0.1) is 80.7 Å². The Kier molecular flexibility index (Phi) is 12.5. The molecule has 0 saturated heterocycles. The number of rotatable bonds is 15. The molecule has 0 N–H and O–H groups in total. The van der Waals surface area contributed by atoms with E-state index in [-0.39, 0.29) is 0 Å². The third-order valence-electron chi connectivity index (χ3n) is 10.4. The van der Waals surface area contributed by atoms with Crippen molar-refractivity contribution in [3.8, 4) is 85.1 Å². The van der Waals surface area contributed by atoms with E-state index in [0.29, 0.717) is 51.7 Å². The Morgan fingerprint density at radius 2 is 0.517 bits per heavy atom. The van der Waals surface area contributed by atoms with Gasteiger partial charge < -0.3 is 47.5 Å². The van der Waals surface area contributed by atoms with E-state index < -0.39 is 0 Å². The fourth-order valence-corrected chi connectivity index (χ4v) is 7.46. The molecule has 10 heteroatoms. The van der Waals surface area contributed by atoms with Gasteiger partial charge in [-0.2, -0.15) is 0 Å². The Balaban J connectivity index is 1.55. The van der Waals surface area contributed by atoms with Crippen molar-refractivity contribution in [1.82, 2.24) is 0 Å². The minimum Gasteiger partial charge on any atom is -0.496 e. The van der Waals surface area contributed by atoms with E-state index >= 15 is 0 Å². The number of methoxy groups -OCH3 is 9. The molecule has 10 nitrogen and oxygen atoms in total. The second kappa shape index (κ2) is 17.6. The van der Waals surface area contributed by atoms with Crippen LogP contribution in [0.4, 0.5) is 17.1 Å². The highest BCUT2D eigenvalue weighted by atomic mass is 16.5. The van der Waals surface area contributed by atoms with Gasteiger partial charge in [-0.05, 0) is 90.6 Å². The summed E-state index contributed by atoms with van der Waals surface area (Å²) in [6, 6.07) is 30.4. The second-order valence-electron chi connectivity index (χ2n) is 13.6. The van der Waals surface area contributed by atoms with Gasteiger partial charge in [-0.15, -0.1) is 0 Å². The molecule has 0 spiro atoms. The molecule has 0 saturated carbocycles. The van der Waals surface area contributed by atoms with Crippen LogP contribution < -0.4 is 47.5 Å². The van der Waals surface area contributed by atoms with Crippen molar-refractivity contribution in [3.05, 3.63) is 108 Å². The van der Waals surface area contributed by atoms with Crippen LogP contribution in [0.2, 0.25) is 0 Å². The monoisotopic (exact) mass is 785 g/mol. The van der Waals surface area contributed by atoms with E-state index in [4.69, 9.17) is 42.6 Å². The summed E-state index contributed by atoms with van der Waals surface area (Å²) >= 11 is 0. The summed E-state index contributed by atoms with van der Waals surface area (Å²) < 4.78 is 51.7. The summed E-state index contributed by atoms with van der Waals surface area (Å²) in [5, 5.41) is 0. The first-order chi connectivity index (χ1) is 28.1. The molecule has 0 aliphatic heterocycles. The molecule has 302 valence electrons. The van der Waals surface area contributed by atoms with E-state index in [9.17, 15) is 0 Å². The summed E-state index contributed by atoms with van der Waals surface area (Å²) in [5.41, 5.74) is 11.3. The molecule has 6 rings (SSSR count). The van der Waals surface area contributed by atoms with Crippen molar-refractivity contribution in [2.45, 2.75) is 20.8 Å². The smallest absolute Gasteiger partial charge is 0.134 e. The van der Waals surface area contributed by atoms with Crippen molar-refractivity contribution in [1.29, 1.82) is 0 Å². The maximum absolute atomic E-state index is 5.85. The van der Waals surface area contributed by atoms with Crippen molar-refractivity contribution in [2.75, 3.05) is 68.9 Å². The zero-order valence-electron chi connectivity index (χ0n) is 35.3. The van der Waals surface area contributed by atoms with Gasteiger partial charge in [-0.1, -0.05) is 18.2 Å².